The molecule has 1 nitrogen and oxygen atoms in total. The Balaban J connectivity index is 1.61. The number of thiophene rings is 1. The maximum atomic E-state index is 3.77. The number of fused-ring (bicyclic) bond motifs is 5. The Kier molecular flexibility index (Phi) is 5.75. The molecule has 1 N–H and O–H groups in total. The second-order valence-electron chi connectivity index (χ2n) is 10.3. The van der Waals surface area contributed by atoms with E-state index in [1.807, 2.05) is 11.0 Å². The summed E-state index contributed by atoms with van der Waals surface area (Å²) in [5, 5.41) is 2.06. The molecule has 3 unspecified atom stereocenters. The van der Waals surface area contributed by atoms with Crippen molar-refractivity contribution in [3.8, 4) is 0 Å². The van der Waals surface area contributed by atoms with Crippen molar-refractivity contribution < 1.29 is 0 Å². The molecule has 2 heterocycles. The molecule has 3 atom stereocenters. The van der Waals surface area contributed by atoms with Crippen LogP contribution in [0.5, 0.6) is 0 Å². The largest absolute Gasteiger partial charge is 0.250 e. The van der Waals surface area contributed by atoms with Gasteiger partial charge in [0.05, 0.1) is 0 Å². The van der Waals surface area contributed by atoms with Crippen molar-refractivity contribution in [2.75, 3.05) is 12.5 Å². The number of hydrogen-bond donors (Lipinski definition) is 1. The van der Waals surface area contributed by atoms with E-state index in [1.165, 1.54) is 22.9 Å². The molecule has 0 saturated carbocycles. The van der Waals surface area contributed by atoms with E-state index in [-0.39, 0.29) is 5.54 Å². The molecule has 0 fully saturated rings. The number of hydrogen-bond acceptors (Lipinski definition) is 4. The molecule has 0 bridgehead atoms. The van der Waals surface area contributed by atoms with Gasteiger partial charge in [-0.2, -0.15) is 9.06 Å². The van der Waals surface area contributed by atoms with Crippen molar-refractivity contribution in [3.05, 3.63) is 63.4 Å². The normalized spacial score (nSPS) is 26.4. The maximum Gasteiger partial charge on any atom is 0.0482 e. The van der Waals surface area contributed by atoms with Crippen LogP contribution in [0.2, 0.25) is 0 Å². The number of rotatable bonds is 4. The zero-order valence-corrected chi connectivity index (χ0v) is 22.6. The summed E-state index contributed by atoms with van der Waals surface area (Å²) in [5.41, 5.74) is 3.44. The molecule has 0 radical (unpaired) electrons. The van der Waals surface area contributed by atoms with E-state index >= 15 is 0 Å². The van der Waals surface area contributed by atoms with Gasteiger partial charge in [-0.15, -0.1) is 23.1 Å². The summed E-state index contributed by atoms with van der Waals surface area (Å²) in [6.45, 7) is 9.26. The van der Waals surface area contributed by atoms with Gasteiger partial charge in [0.2, 0.25) is 0 Å². The predicted octanol–water partition coefficient (Wildman–Crippen LogP) is 8.65. The van der Waals surface area contributed by atoms with Gasteiger partial charge in [0.25, 0.3) is 0 Å². The fraction of sp³-hybridized carbons (Fsp3) is 0.462. The summed E-state index contributed by atoms with van der Waals surface area (Å²) in [4.78, 5) is 4.97. The second kappa shape index (κ2) is 8.02. The van der Waals surface area contributed by atoms with E-state index in [0.29, 0.717) is 17.1 Å². The first-order valence-electron chi connectivity index (χ1n) is 11.1. The molecule has 0 saturated heterocycles. The Labute approximate surface area is 201 Å². The van der Waals surface area contributed by atoms with E-state index in [2.05, 4.69) is 111 Å². The van der Waals surface area contributed by atoms with Crippen LogP contribution in [0.3, 0.4) is 0 Å². The fourth-order valence-corrected chi connectivity index (χ4v) is 14.0. The summed E-state index contributed by atoms with van der Waals surface area (Å²) >= 11 is 4.23. The smallest absolute Gasteiger partial charge is 0.0482 e. The molecular formula is C26H33NS4. The molecular weight excluding hydrogens is 455 g/mol. The van der Waals surface area contributed by atoms with Gasteiger partial charge in [-0.05, 0) is 75.0 Å². The second-order valence-corrected chi connectivity index (χ2v) is 18.8. The Bertz CT molecular complexity index is 1110. The third kappa shape index (κ3) is 3.89. The molecule has 5 heteroatoms. The van der Waals surface area contributed by atoms with E-state index in [0.717, 1.165) is 0 Å². The quantitative estimate of drug-likeness (QED) is 0.342. The summed E-state index contributed by atoms with van der Waals surface area (Å²) in [5.74, 6) is 1.17. The van der Waals surface area contributed by atoms with Gasteiger partial charge in [0.15, 0.2) is 0 Å². The average molecular weight is 488 g/mol. The van der Waals surface area contributed by atoms with Crippen molar-refractivity contribution in [1.29, 1.82) is 0 Å². The third-order valence-electron chi connectivity index (χ3n) is 6.45. The van der Waals surface area contributed by atoms with Crippen LogP contribution in [0.1, 0.15) is 51.3 Å². The number of thioether (sulfide) groups is 1. The number of nitrogens with one attached hydrogen (secondary N) is 1. The fourth-order valence-electron chi connectivity index (χ4n) is 5.24. The van der Waals surface area contributed by atoms with E-state index < -0.39 is 9.06 Å². The lowest BCUT2D eigenvalue weighted by Crippen LogP contribution is -2.31. The van der Waals surface area contributed by atoms with Crippen LogP contribution in [0.4, 0.5) is 0 Å². The lowest BCUT2D eigenvalue weighted by atomic mass is 9.80. The SMILES string of the molecule is CC1=C(S(C)(C)SNC(C)(C)C)C2Sc3c(sc4ccccc34)C2C1C1=CC=CCC1. The molecule has 2 aromatic rings. The standard InChI is InChI=1S/C26H33NS4/c1-16-20(17-12-8-7-9-13-17)21-23-22(18-14-10-11-15-19(18)28-23)29-24(21)25(16)31(5,6)30-27-26(2,3)4/h7-8,10-12,14-15,20-21,24,27H,9,13H2,1-6H3. The van der Waals surface area contributed by atoms with Crippen LogP contribution in [0.25, 0.3) is 10.1 Å². The van der Waals surface area contributed by atoms with Gasteiger partial charge in [-0.3, -0.25) is 4.72 Å². The highest BCUT2D eigenvalue weighted by atomic mass is 33.2. The molecule has 2 aliphatic carbocycles. The zero-order valence-electron chi connectivity index (χ0n) is 19.3. The van der Waals surface area contributed by atoms with Crippen molar-refractivity contribution in [1.82, 2.24) is 4.72 Å². The Hall–Kier alpha value is -0.590. The Morgan fingerprint density at radius 2 is 1.94 bits per heavy atom. The molecule has 3 aliphatic rings. The molecule has 1 aliphatic heterocycles. The van der Waals surface area contributed by atoms with E-state index in [1.54, 1.807) is 25.8 Å². The Morgan fingerprint density at radius 3 is 2.65 bits per heavy atom. The number of allylic oxidation sites excluding steroid dienone is 5. The van der Waals surface area contributed by atoms with Crippen molar-refractivity contribution >= 4 is 53.2 Å². The van der Waals surface area contributed by atoms with Crippen molar-refractivity contribution in [3.63, 3.8) is 0 Å². The minimum atomic E-state index is -0.993. The lowest BCUT2D eigenvalue weighted by Gasteiger charge is -2.38. The highest BCUT2D eigenvalue weighted by Crippen LogP contribution is 2.73. The maximum absolute atomic E-state index is 3.77. The lowest BCUT2D eigenvalue weighted by molar-refractivity contribution is 0.537. The molecule has 1 aromatic carbocycles. The molecule has 166 valence electrons. The van der Waals surface area contributed by atoms with Crippen LogP contribution in [-0.4, -0.2) is 23.3 Å². The van der Waals surface area contributed by atoms with Crippen LogP contribution >= 0.6 is 43.1 Å². The highest BCUT2D eigenvalue weighted by molar-refractivity contribution is 8.94. The van der Waals surface area contributed by atoms with E-state index in [9.17, 15) is 0 Å². The monoisotopic (exact) mass is 487 g/mol. The van der Waals surface area contributed by atoms with Gasteiger partial charge in [-0.1, -0.05) is 47.6 Å². The van der Waals surface area contributed by atoms with Crippen LogP contribution in [0.15, 0.2) is 63.4 Å². The van der Waals surface area contributed by atoms with Gasteiger partial charge < -0.3 is 0 Å². The van der Waals surface area contributed by atoms with Crippen molar-refractivity contribution in [2.45, 2.75) is 62.1 Å². The summed E-state index contributed by atoms with van der Waals surface area (Å²) in [7, 11) is 1.01. The molecule has 5 rings (SSSR count). The van der Waals surface area contributed by atoms with Crippen LogP contribution in [0, 0.1) is 5.92 Å². The Morgan fingerprint density at radius 1 is 1.16 bits per heavy atom. The van der Waals surface area contributed by atoms with Gasteiger partial charge in [0.1, 0.15) is 0 Å². The van der Waals surface area contributed by atoms with Crippen LogP contribution < -0.4 is 4.72 Å². The van der Waals surface area contributed by atoms with Gasteiger partial charge in [0, 0.05) is 42.5 Å². The first kappa shape index (κ1) is 22.2. The molecule has 0 amide bonds. The third-order valence-corrected chi connectivity index (χ3v) is 14.2. The molecule has 0 spiro atoms. The predicted molar refractivity (Wildman–Crippen MR) is 147 cm³/mol. The first-order valence-corrected chi connectivity index (χ1v) is 16.6. The van der Waals surface area contributed by atoms with E-state index in [4.69, 9.17) is 0 Å². The topological polar surface area (TPSA) is 12.0 Å². The van der Waals surface area contributed by atoms with Gasteiger partial charge >= 0.3 is 0 Å². The zero-order chi connectivity index (χ0) is 22.0. The van der Waals surface area contributed by atoms with Crippen LogP contribution in [-0.2, 0) is 0 Å². The first-order chi connectivity index (χ1) is 14.7. The van der Waals surface area contributed by atoms with Crippen molar-refractivity contribution in [2.24, 2.45) is 5.92 Å². The summed E-state index contributed by atoms with van der Waals surface area (Å²) in [6, 6.07) is 9.03. The average Bonchev–Trinajstić information content (AvgIpc) is 3.33. The highest BCUT2D eigenvalue weighted by Gasteiger charge is 2.52. The molecule has 1 aromatic heterocycles. The number of benzene rings is 1. The summed E-state index contributed by atoms with van der Waals surface area (Å²) in [6.07, 6.45) is 14.5. The van der Waals surface area contributed by atoms with Gasteiger partial charge in [-0.25, -0.2) is 0 Å². The minimum absolute atomic E-state index is 0.120. The molecule has 31 heavy (non-hydrogen) atoms. The minimum Gasteiger partial charge on any atom is -0.250 e. The summed E-state index contributed by atoms with van der Waals surface area (Å²) < 4.78 is 5.22.